The highest BCUT2D eigenvalue weighted by Gasteiger charge is 2.55. The number of likely N-dealkylation sites (N-methyl/N-ethyl adjacent to an activating group) is 1. The minimum Gasteiger partial charge on any atom is -0.487 e. The van der Waals surface area contributed by atoms with Gasteiger partial charge in [-0.15, -0.1) is 0 Å². The summed E-state index contributed by atoms with van der Waals surface area (Å²) in [5.74, 6) is -0.263. The largest absolute Gasteiger partial charge is 0.487 e. The van der Waals surface area contributed by atoms with Gasteiger partial charge in [0.25, 0.3) is 5.91 Å². The third kappa shape index (κ3) is 3.79. The Bertz CT molecular complexity index is 1150. The molecule has 2 aliphatic rings. The molecule has 0 aromatic heterocycles. The van der Waals surface area contributed by atoms with Gasteiger partial charge in [-0.25, -0.2) is 4.99 Å². The Kier molecular flexibility index (Phi) is 4.78. The number of carbonyl (C=O) groups is 1. The number of hydrogen-bond acceptors (Lipinski definition) is 4. The maximum atomic E-state index is 13.3. The van der Waals surface area contributed by atoms with Crippen LogP contribution in [0.4, 0.5) is 26.3 Å². The summed E-state index contributed by atoms with van der Waals surface area (Å²) in [5, 5.41) is 0. The maximum Gasteiger partial charge on any atom is 0.416 e. The second-order valence-corrected chi connectivity index (χ2v) is 8.74. The van der Waals surface area contributed by atoms with Gasteiger partial charge in [0.2, 0.25) is 0 Å². The van der Waals surface area contributed by atoms with Gasteiger partial charge >= 0.3 is 12.4 Å². The summed E-state index contributed by atoms with van der Waals surface area (Å²) < 4.78 is 85.8. The van der Waals surface area contributed by atoms with E-state index in [1.165, 1.54) is 25.2 Å². The molecule has 2 N–H and O–H groups in total. The zero-order chi connectivity index (χ0) is 24.6. The lowest BCUT2D eigenvalue weighted by Gasteiger charge is -2.41. The van der Waals surface area contributed by atoms with E-state index in [0.29, 0.717) is 12.1 Å². The standard InChI is InChI=1S/C22H19F6N3O2/c1-19(2)10-20(17(32)31(3)18(29)30-20)15-8-11(4-5-16(15)33-19)12-6-13(21(23,24)25)9-14(7-12)22(26,27)28/h4-9H,10H2,1-3H3,(H2,29,30). The first-order chi connectivity index (χ1) is 15.0. The number of amides is 1. The lowest BCUT2D eigenvalue weighted by Crippen LogP contribution is -2.49. The number of benzene rings is 2. The van der Waals surface area contributed by atoms with Gasteiger partial charge in [-0.3, -0.25) is 9.69 Å². The second kappa shape index (κ2) is 6.88. The van der Waals surface area contributed by atoms with Gasteiger partial charge < -0.3 is 10.5 Å². The molecule has 176 valence electrons. The van der Waals surface area contributed by atoms with Crippen molar-refractivity contribution in [2.24, 2.45) is 10.7 Å². The Morgan fingerprint density at radius 2 is 1.55 bits per heavy atom. The molecule has 1 amide bonds. The zero-order valence-electron chi connectivity index (χ0n) is 17.7. The molecule has 0 bridgehead atoms. The van der Waals surface area contributed by atoms with E-state index in [2.05, 4.69) is 4.99 Å². The van der Waals surface area contributed by atoms with Gasteiger partial charge in [0.1, 0.15) is 11.4 Å². The Hall–Kier alpha value is -3.24. The molecule has 1 atom stereocenters. The summed E-state index contributed by atoms with van der Waals surface area (Å²) in [6.07, 6.45) is -9.89. The normalized spacial score (nSPS) is 22.3. The van der Waals surface area contributed by atoms with Crippen molar-refractivity contribution in [1.82, 2.24) is 4.90 Å². The average Bonchev–Trinajstić information content (AvgIpc) is 2.89. The fraction of sp³-hybridized carbons (Fsp3) is 0.364. The summed E-state index contributed by atoms with van der Waals surface area (Å²) >= 11 is 0. The molecular formula is C22H19F6N3O2. The summed E-state index contributed by atoms with van der Waals surface area (Å²) in [6.45, 7) is 3.48. The van der Waals surface area contributed by atoms with E-state index in [4.69, 9.17) is 10.5 Å². The first kappa shape index (κ1) is 22.9. The van der Waals surface area contributed by atoms with Crippen LogP contribution in [0, 0.1) is 0 Å². The lowest BCUT2D eigenvalue weighted by atomic mass is 9.77. The molecule has 2 aromatic carbocycles. The molecule has 2 aromatic rings. The van der Waals surface area contributed by atoms with Gasteiger partial charge in [-0.05, 0) is 55.3 Å². The quantitative estimate of drug-likeness (QED) is 0.600. The van der Waals surface area contributed by atoms with Crippen molar-refractivity contribution >= 4 is 11.9 Å². The highest BCUT2D eigenvalue weighted by molar-refractivity contribution is 6.07. The number of guanidine groups is 1. The lowest BCUT2D eigenvalue weighted by molar-refractivity contribution is -0.143. The predicted molar refractivity (Wildman–Crippen MR) is 107 cm³/mol. The molecule has 0 radical (unpaired) electrons. The molecular weight excluding hydrogens is 452 g/mol. The number of nitrogens with zero attached hydrogens (tertiary/aromatic N) is 2. The molecule has 2 aliphatic heterocycles. The summed E-state index contributed by atoms with van der Waals surface area (Å²) in [6, 6.07) is 5.44. The average molecular weight is 471 g/mol. The van der Waals surface area contributed by atoms with Crippen LogP contribution in [-0.4, -0.2) is 29.4 Å². The van der Waals surface area contributed by atoms with Gasteiger partial charge in [-0.2, -0.15) is 26.3 Å². The van der Waals surface area contributed by atoms with E-state index in [9.17, 15) is 31.1 Å². The van der Waals surface area contributed by atoms with Crippen LogP contribution in [-0.2, 0) is 22.7 Å². The number of hydrogen-bond donors (Lipinski definition) is 1. The van der Waals surface area contributed by atoms with Gasteiger partial charge in [0.15, 0.2) is 11.5 Å². The number of aliphatic imine (C=N–C) groups is 1. The van der Waals surface area contributed by atoms with Crippen molar-refractivity contribution in [3.8, 4) is 16.9 Å². The maximum absolute atomic E-state index is 13.3. The fourth-order valence-electron chi connectivity index (χ4n) is 4.28. The third-order valence-electron chi connectivity index (χ3n) is 5.72. The van der Waals surface area contributed by atoms with Crippen LogP contribution in [0.3, 0.4) is 0 Å². The SMILES string of the molecule is CN1C(=O)C2(CC(C)(C)Oc3ccc(-c4cc(C(F)(F)F)cc(C(F)(F)F)c4)cc32)N=C1N. The first-order valence-electron chi connectivity index (χ1n) is 9.80. The van der Waals surface area contributed by atoms with Crippen LogP contribution in [0.15, 0.2) is 41.4 Å². The van der Waals surface area contributed by atoms with Crippen LogP contribution in [0.5, 0.6) is 5.75 Å². The van der Waals surface area contributed by atoms with Crippen molar-refractivity contribution in [2.75, 3.05) is 7.05 Å². The van der Waals surface area contributed by atoms with Crippen molar-refractivity contribution in [3.05, 3.63) is 53.1 Å². The minimum atomic E-state index is -4.98. The molecule has 0 saturated carbocycles. The van der Waals surface area contributed by atoms with Gasteiger partial charge in [0.05, 0.1) is 11.1 Å². The Morgan fingerprint density at radius 1 is 0.970 bits per heavy atom. The van der Waals surface area contributed by atoms with E-state index in [1.54, 1.807) is 13.8 Å². The number of rotatable bonds is 1. The number of ether oxygens (including phenoxy) is 1. The molecule has 33 heavy (non-hydrogen) atoms. The summed E-state index contributed by atoms with van der Waals surface area (Å²) in [7, 11) is 1.43. The van der Waals surface area contributed by atoms with Crippen molar-refractivity contribution in [3.63, 3.8) is 0 Å². The molecule has 1 spiro atoms. The molecule has 2 heterocycles. The Morgan fingerprint density at radius 3 is 2.03 bits per heavy atom. The van der Waals surface area contributed by atoms with E-state index < -0.39 is 40.5 Å². The van der Waals surface area contributed by atoms with E-state index >= 15 is 0 Å². The van der Waals surface area contributed by atoms with E-state index in [0.717, 1.165) is 4.90 Å². The summed E-state index contributed by atoms with van der Waals surface area (Å²) in [4.78, 5) is 18.7. The van der Waals surface area contributed by atoms with Crippen LogP contribution < -0.4 is 10.5 Å². The Balaban J connectivity index is 1.94. The van der Waals surface area contributed by atoms with Crippen LogP contribution >= 0.6 is 0 Å². The molecule has 5 nitrogen and oxygen atoms in total. The number of alkyl halides is 6. The third-order valence-corrected chi connectivity index (χ3v) is 5.72. The van der Waals surface area contributed by atoms with Crippen LogP contribution in [0.1, 0.15) is 37.0 Å². The predicted octanol–water partition coefficient (Wildman–Crippen LogP) is 4.93. The second-order valence-electron chi connectivity index (χ2n) is 8.74. The van der Waals surface area contributed by atoms with E-state index in [1.807, 2.05) is 0 Å². The van der Waals surface area contributed by atoms with Crippen LogP contribution in [0.2, 0.25) is 0 Å². The topological polar surface area (TPSA) is 67.9 Å². The highest BCUT2D eigenvalue weighted by Crippen LogP contribution is 2.50. The number of halogens is 6. The summed E-state index contributed by atoms with van der Waals surface area (Å²) in [5.41, 5.74) is 0.627. The molecule has 1 unspecified atom stereocenters. The highest BCUT2D eigenvalue weighted by atomic mass is 19.4. The minimum absolute atomic E-state index is 0.0455. The van der Waals surface area contributed by atoms with Crippen molar-refractivity contribution in [2.45, 2.75) is 43.8 Å². The van der Waals surface area contributed by atoms with Crippen molar-refractivity contribution in [1.29, 1.82) is 0 Å². The molecule has 0 aliphatic carbocycles. The number of fused-ring (bicyclic) bond motifs is 2. The molecule has 11 heteroatoms. The van der Waals surface area contributed by atoms with E-state index in [-0.39, 0.29) is 40.9 Å². The molecule has 0 fully saturated rings. The fourth-order valence-corrected chi connectivity index (χ4v) is 4.28. The van der Waals surface area contributed by atoms with Gasteiger partial charge in [0, 0.05) is 19.0 Å². The Labute approximate surface area is 184 Å². The van der Waals surface area contributed by atoms with Crippen LogP contribution in [0.25, 0.3) is 11.1 Å². The number of nitrogens with two attached hydrogens (primary N) is 1. The molecule has 0 saturated heterocycles. The first-order valence-corrected chi connectivity index (χ1v) is 9.80. The zero-order valence-corrected chi connectivity index (χ0v) is 17.7. The van der Waals surface area contributed by atoms with Gasteiger partial charge in [-0.1, -0.05) is 6.07 Å². The monoisotopic (exact) mass is 471 g/mol. The van der Waals surface area contributed by atoms with Crippen molar-refractivity contribution < 1.29 is 35.9 Å². The smallest absolute Gasteiger partial charge is 0.416 e. The number of carbonyl (C=O) groups excluding carboxylic acids is 1. The molecule has 4 rings (SSSR count).